The molecule has 0 saturated heterocycles. The van der Waals surface area contributed by atoms with E-state index in [1.165, 1.54) is 11.1 Å². The molecule has 0 aliphatic heterocycles. The van der Waals surface area contributed by atoms with E-state index in [1.54, 1.807) is 0 Å². The second kappa shape index (κ2) is 4.78. The van der Waals surface area contributed by atoms with Gasteiger partial charge in [-0.25, -0.2) is 0 Å². The van der Waals surface area contributed by atoms with Crippen molar-refractivity contribution in [1.29, 1.82) is 0 Å². The Kier molecular flexibility index (Phi) is 3.38. The third-order valence-electron chi connectivity index (χ3n) is 2.90. The molecule has 2 N–H and O–H groups in total. The van der Waals surface area contributed by atoms with Crippen molar-refractivity contribution in [2.45, 2.75) is 5.16 Å². The molecule has 0 bridgehead atoms. The van der Waals surface area contributed by atoms with Crippen LogP contribution in [-0.2, 0) is 5.16 Å². The lowest BCUT2D eigenvalue weighted by Gasteiger charge is -2.29. The first-order valence-electron chi connectivity index (χ1n) is 5.37. The van der Waals surface area contributed by atoms with Crippen molar-refractivity contribution in [3.8, 4) is 0 Å². The van der Waals surface area contributed by atoms with Gasteiger partial charge in [0.2, 0.25) is 0 Å². The summed E-state index contributed by atoms with van der Waals surface area (Å²) >= 11 is 0. The van der Waals surface area contributed by atoms with Crippen molar-refractivity contribution in [2.24, 2.45) is 5.73 Å². The number of rotatable bonds is 3. The van der Waals surface area contributed by atoms with Gasteiger partial charge in [-0.1, -0.05) is 60.7 Å². The molecule has 0 aliphatic carbocycles. The maximum Gasteiger partial charge on any atom is 0.0465 e. The fourth-order valence-electron chi connectivity index (χ4n) is 1.87. The highest BCUT2D eigenvalue weighted by molar-refractivity contribution is 7.19. The highest BCUT2D eigenvalue weighted by Gasteiger charge is 2.26. The summed E-state index contributed by atoms with van der Waals surface area (Å²) in [5.74, 6) is 0. The first kappa shape index (κ1) is 11.3. The van der Waals surface area contributed by atoms with Gasteiger partial charge in [0.15, 0.2) is 0 Å². The van der Waals surface area contributed by atoms with Gasteiger partial charge in [-0.05, 0) is 11.1 Å². The molecule has 0 aromatic heterocycles. The van der Waals surface area contributed by atoms with E-state index in [-0.39, 0.29) is 5.16 Å². The summed E-state index contributed by atoms with van der Waals surface area (Å²) in [5.41, 5.74) is 8.41. The molecule has 0 fully saturated rings. The number of nitrogens with two attached hydrogens (primary N) is 1. The van der Waals surface area contributed by atoms with Gasteiger partial charge in [0.1, 0.15) is 0 Å². The van der Waals surface area contributed by atoms with E-state index in [0.717, 1.165) is 0 Å². The molecule has 0 saturated carbocycles. The third kappa shape index (κ3) is 2.02. The molecular weight excluding hydrogens is 213 g/mol. The van der Waals surface area contributed by atoms with Crippen molar-refractivity contribution < 1.29 is 0 Å². The van der Waals surface area contributed by atoms with E-state index < -0.39 is 0 Å². The quantitative estimate of drug-likeness (QED) is 0.805. The van der Waals surface area contributed by atoms with Gasteiger partial charge in [0.05, 0.1) is 0 Å². The lowest BCUT2D eigenvalue weighted by molar-refractivity contribution is 0.751. The molecule has 2 rings (SSSR count). The average molecular weight is 229 g/mol. The summed E-state index contributed by atoms with van der Waals surface area (Å²) in [5, 5.41) is -0.178. The highest BCUT2D eigenvalue weighted by atomic mass is 31.0. The first-order valence-corrected chi connectivity index (χ1v) is 5.95. The normalized spacial score (nSPS) is 11.4. The first-order chi connectivity index (χ1) is 7.77. The Morgan fingerprint density at radius 2 is 1.19 bits per heavy atom. The molecule has 0 radical (unpaired) electrons. The zero-order valence-corrected chi connectivity index (χ0v) is 10.3. The van der Waals surface area contributed by atoms with Crippen molar-refractivity contribution in [3.05, 3.63) is 71.8 Å². The van der Waals surface area contributed by atoms with Crippen LogP contribution in [0.1, 0.15) is 11.1 Å². The summed E-state index contributed by atoms with van der Waals surface area (Å²) in [6.45, 7) is 0.575. The predicted molar refractivity (Wildman–Crippen MR) is 72.4 cm³/mol. The van der Waals surface area contributed by atoms with E-state index in [2.05, 4.69) is 33.5 Å². The zero-order valence-electron chi connectivity index (χ0n) is 9.14. The summed E-state index contributed by atoms with van der Waals surface area (Å²) < 4.78 is 0. The standard InChI is InChI=1S/C14H16NP/c15-11-14(16,12-7-3-1-4-8-12)13-9-5-2-6-10-13/h1-10H,11,15-16H2. The average Bonchev–Trinajstić information content (AvgIpc) is 2.40. The van der Waals surface area contributed by atoms with Crippen LogP contribution in [0.2, 0.25) is 0 Å². The largest absolute Gasteiger partial charge is 0.329 e. The van der Waals surface area contributed by atoms with Crippen LogP contribution < -0.4 is 5.73 Å². The Hall–Kier alpha value is -1.17. The van der Waals surface area contributed by atoms with Gasteiger partial charge in [-0.2, -0.15) is 0 Å². The van der Waals surface area contributed by atoms with Gasteiger partial charge in [0.25, 0.3) is 0 Å². The Bertz CT molecular complexity index is 399. The molecular formula is C14H16NP. The van der Waals surface area contributed by atoms with Gasteiger partial charge in [0, 0.05) is 11.7 Å². The number of hydrogen-bond donors (Lipinski definition) is 1. The molecule has 16 heavy (non-hydrogen) atoms. The fourth-order valence-corrected chi connectivity index (χ4v) is 2.26. The van der Waals surface area contributed by atoms with E-state index in [9.17, 15) is 0 Å². The Morgan fingerprint density at radius 3 is 1.50 bits per heavy atom. The minimum absolute atomic E-state index is 0.178. The Morgan fingerprint density at radius 1 is 0.812 bits per heavy atom. The topological polar surface area (TPSA) is 26.0 Å². The molecule has 0 aliphatic rings. The van der Waals surface area contributed by atoms with E-state index in [0.29, 0.717) is 6.54 Å². The summed E-state index contributed by atoms with van der Waals surface area (Å²) in [6.07, 6.45) is 0. The van der Waals surface area contributed by atoms with Crippen LogP contribution in [0, 0.1) is 0 Å². The van der Waals surface area contributed by atoms with Crippen molar-refractivity contribution in [2.75, 3.05) is 6.54 Å². The van der Waals surface area contributed by atoms with Crippen LogP contribution in [-0.4, -0.2) is 6.54 Å². The SMILES string of the molecule is NCC(P)(c1ccccc1)c1ccccc1. The molecule has 0 amide bonds. The van der Waals surface area contributed by atoms with Crippen LogP contribution in [0.15, 0.2) is 60.7 Å². The highest BCUT2D eigenvalue weighted by Crippen LogP contribution is 2.37. The smallest absolute Gasteiger partial charge is 0.0465 e. The second-order valence-corrected chi connectivity index (χ2v) is 4.89. The monoisotopic (exact) mass is 229 g/mol. The Labute approximate surface area is 98.9 Å². The van der Waals surface area contributed by atoms with Crippen LogP contribution in [0.25, 0.3) is 0 Å². The lowest BCUT2D eigenvalue weighted by Crippen LogP contribution is -2.29. The van der Waals surface area contributed by atoms with Crippen molar-refractivity contribution >= 4 is 9.24 Å². The number of hydrogen-bond acceptors (Lipinski definition) is 1. The van der Waals surface area contributed by atoms with Crippen molar-refractivity contribution in [1.82, 2.24) is 0 Å². The Balaban J connectivity index is 2.49. The van der Waals surface area contributed by atoms with E-state index >= 15 is 0 Å². The molecule has 1 atom stereocenters. The van der Waals surface area contributed by atoms with Crippen LogP contribution in [0.5, 0.6) is 0 Å². The third-order valence-corrected chi connectivity index (χ3v) is 3.80. The van der Waals surface area contributed by atoms with Gasteiger partial charge < -0.3 is 5.73 Å². The summed E-state index contributed by atoms with van der Waals surface area (Å²) in [4.78, 5) is 0. The van der Waals surface area contributed by atoms with Crippen LogP contribution >= 0.6 is 9.24 Å². The second-order valence-electron chi connectivity index (χ2n) is 3.91. The molecule has 1 nitrogen and oxygen atoms in total. The molecule has 0 spiro atoms. The molecule has 0 heterocycles. The summed E-state index contributed by atoms with van der Waals surface area (Å²) in [7, 11) is 2.90. The van der Waals surface area contributed by atoms with Crippen LogP contribution in [0.4, 0.5) is 0 Å². The zero-order chi connectivity index (χ0) is 11.4. The fraction of sp³-hybridized carbons (Fsp3) is 0.143. The van der Waals surface area contributed by atoms with Gasteiger partial charge >= 0.3 is 0 Å². The van der Waals surface area contributed by atoms with E-state index in [1.807, 2.05) is 36.4 Å². The molecule has 2 aromatic carbocycles. The lowest BCUT2D eigenvalue weighted by atomic mass is 9.90. The van der Waals surface area contributed by atoms with E-state index in [4.69, 9.17) is 5.73 Å². The minimum Gasteiger partial charge on any atom is -0.329 e. The number of benzene rings is 2. The van der Waals surface area contributed by atoms with Crippen molar-refractivity contribution in [3.63, 3.8) is 0 Å². The maximum atomic E-state index is 5.95. The molecule has 1 unspecified atom stereocenters. The van der Waals surface area contributed by atoms with Gasteiger partial charge in [-0.3, -0.25) is 0 Å². The predicted octanol–water partition coefficient (Wildman–Crippen LogP) is 2.76. The molecule has 2 heteroatoms. The summed E-state index contributed by atoms with van der Waals surface area (Å²) in [6, 6.07) is 20.7. The maximum absolute atomic E-state index is 5.95. The minimum atomic E-state index is -0.178. The molecule has 82 valence electrons. The molecule has 2 aromatic rings. The van der Waals surface area contributed by atoms with Crippen LogP contribution in [0.3, 0.4) is 0 Å². The van der Waals surface area contributed by atoms with Gasteiger partial charge in [-0.15, -0.1) is 9.24 Å².